The van der Waals surface area contributed by atoms with E-state index in [1.165, 1.54) is 37.7 Å². The lowest BCUT2D eigenvalue weighted by atomic mass is 9.99. The molecule has 0 aromatic heterocycles. The molecule has 1 aromatic carbocycles. The van der Waals surface area contributed by atoms with Gasteiger partial charge in [0.15, 0.2) is 0 Å². The van der Waals surface area contributed by atoms with E-state index in [0.29, 0.717) is 5.92 Å². The molecule has 2 fully saturated rings. The highest BCUT2D eigenvalue weighted by Gasteiger charge is 2.26. The molecule has 0 radical (unpaired) electrons. The Morgan fingerprint density at radius 2 is 1.89 bits per heavy atom. The summed E-state index contributed by atoms with van der Waals surface area (Å²) in [7, 11) is 0. The monoisotopic (exact) mass is 247 g/mol. The van der Waals surface area contributed by atoms with Crippen LogP contribution in [-0.2, 0) is 0 Å². The first-order valence-corrected chi connectivity index (χ1v) is 7.29. The van der Waals surface area contributed by atoms with E-state index in [2.05, 4.69) is 17.9 Å². The second-order valence-electron chi connectivity index (χ2n) is 5.83. The number of nitrogens with zero attached hydrogens (tertiary/aromatic N) is 1. The van der Waals surface area contributed by atoms with Crippen LogP contribution >= 0.6 is 0 Å². The highest BCUT2D eigenvalue weighted by molar-refractivity contribution is 5.32. The van der Waals surface area contributed by atoms with E-state index in [4.69, 9.17) is 0 Å². The van der Waals surface area contributed by atoms with Crippen LogP contribution in [-0.4, -0.2) is 18.0 Å². The molecular formula is C16H22FN. The van der Waals surface area contributed by atoms with Crippen LogP contribution < -0.4 is 0 Å². The minimum atomic E-state index is -0.0301. The van der Waals surface area contributed by atoms with Gasteiger partial charge in [0.1, 0.15) is 5.82 Å². The van der Waals surface area contributed by atoms with Gasteiger partial charge in [-0.1, -0.05) is 18.6 Å². The van der Waals surface area contributed by atoms with Crippen LogP contribution in [0.2, 0.25) is 0 Å². The van der Waals surface area contributed by atoms with E-state index in [1.54, 1.807) is 6.07 Å². The Hall–Kier alpha value is -0.890. The molecule has 1 aliphatic heterocycles. The molecule has 1 aliphatic carbocycles. The summed E-state index contributed by atoms with van der Waals surface area (Å²) in [6.07, 6.45) is 6.41. The summed E-state index contributed by atoms with van der Waals surface area (Å²) in [6.45, 7) is 4.39. The Kier molecular flexibility index (Phi) is 3.38. The number of piperidine rings is 1. The fraction of sp³-hybridized carbons (Fsp3) is 0.625. The van der Waals surface area contributed by atoms with Crippen LogP contribution in [0.5, 0.6) is 0 Å². The maximum atomic E-state index is 14.0. The molecule has 2 heteroatoms. The Morgan fingerprint density at radius 1 is 1.17 bits per heavy atom. The van der Waals surface area contributed by atoms with Gasteiger partial charge in [-0.25, -0.2) is 4.39 Å². The predicted molar refractivity (Wildman–Crippen MR) is 72.2 cm³/mol. The molecule has 3 rings (SSSR count). The van der Waals surface area contributed by atoms with Gasteiger partial charge in [0, 0.05) is 11.6 Å². The molecule has 18 heavy (non-hydrogen) atoms. The molecule has 0 bridgehead atoms. The zero-order valence-corrected chi connectivity index (χ0v) is 11.2. The fourth-order valence-corrected chi connectivity index (χ4v) is 3.06. The van der Waals surface area contributed by atoms with Crippen molar-refractivity contribution >= 4 is 0 Å². The molecule has 2 aliphatic rings. The summed E-state index contributed by atoms with van der Waals surface area (Å²) < 4.78 is 14.0. The Bertz CT molecular complexity index is 419. The topological polar surface area (TPSA) is 3.24 Å². The molecule has 1 saturated heterocycles. The van der Waals surface area contributed by atoms with Gasteiger partial charge in [-0.05, 0) is 63.2 Å². The Labute approximate surface area is 109 Å². The highest BCUT2D eigenvalue weighted by atomic mass is 19.1. The Balaban J connectivity index is 1.82. The molecule has 0 unspecified atom stereocenters. The third kappa shape index (κ3) is 2.44. The van der Waals surface area contributed by atoms with Gasteiger partial charge in [0.2, 0.25) is 0 Å². The van der Waals surface area contributed by atoms with Crippen molar-refractivity contribution in [2.24, 2.45) is 0 Å². The lowest BCUT2D eigenvalue weighted by molar-refractivity contribution is 0.172. The van der Waals surface area contributed by atoms with Crippen LogP contribution in [0.3, 0.4) is 0 Å². The normalized spacial score (nSPS) is 23.0. The van der Waals surface area contributed by atoms with E-state index < -0.39 is 0 Å². The fourth-order valence-electron chi connectivity index (χ4n) is 3.06. The van der Waals surface area contributed by atoms with Crippen molar-refractivity contribution in [2.75, 3.05) is 13.1 Å². The summed E-state index contributed by atoms with van der Waals surface area (Å²) in [4.78, 5) is 2.43. The molecule has 1 nitrogen and oxygen atoms in total. The van der Waals surface area contributed by atoms with E-state index in [0.717, 1.165) is 18.7 Å². The van der Waals surface area contributed by atoms with Crippen LogP contribution in [0.4, 0.5) is 4.39 Å². The van der Waals surface area contributed by atoms with Crippen LogP contribution in [0, 0.1) is 5.82 Å². The quantitative estimate of drug-likeness (QED) is 0.771. The van der Waals surface area contributed by atoms with Gasteiger partial charge in [0.05, 0.1) is 0 Å². The first-order valence-electron chi connectivity index (χ1n) is 7.29. The van der Waals surface area contributed by atoms with Crippen molar-refractivity contribution in [1.82, 2.24) is 4.90 Å². The molecule has 1 aromatic rings. The van der Waals surface area contributed by atoms with Gasteiger partial charge < -0.3 is 0 Å². The maximum Gasteiger partial charge on any atom is 0.127 e. The van der Waals surface area contributed by atoms with E-state index in [-0.39, 0.29) is 11.9 Å². The standard InChI is InChI=1S/C16H22FN/c1-12(18-9-3-2-4-10-18)15-11-14(13-5-6-13)7-8-16(15)17/h7-8,11-13H,2-6,9-10H2,1H3/t12-/m1/s1. The van der Waals surface area contributed by atoms with Gasteiger partial charge in [-0.2, -0.15) is 0 Å². The first-order chi connectivity index (χ1) is 8.75. The van der Waals surface area contributed by atoms with Crippen LogP contribution in [0.1, 0.15) is 62.1 Å². The third-order valence-corrected chi connectivity index (χ3v) is 4.46. The SMILES string of the molecule is C[C@H](c1cc(C2CC2)ccc1F)N1CCCCC1. The molecule has 0 spiro atoms. The molecule has 98 valence electrons. The van der Waals surface area contributed by atoms with Crippen molar-refractivity contribution < 1.29 is 4.39 Å². The number of rotatable bonds is 3. The van der Waals surface area contributed by atoms with Crippen molar-refractivity contribution in [1.29, 1.82) is 0 Å². The maximum absolute atomic E-state index is 14.0. The minimum Gasteiger partial charge on any atom is -0.297 e. The first kappa shape index (κ1) is 12.2. The molecule has 0 N–H and O–H groups in total. The number of likely N-dealkylation sites (tertiary alicyclic amines) is 1. The number of hydrogen-bond donors (Lipinski definition) is 0. The lowest BCUT2D eigenvalue weighted by Crippen LogP contribution is -2.32. The average molecular weight is 247 g/mol. The second-order valence-corrected chi connectivity index (χ2v) is 5.83. The average Bonchev–Trinajstić information content (AvgIpc) is 3.24. The molecule has 1 atom stereocenters. The summed E-state index contributed by atoms with van der Waals surface area (Å²) in [6, 6.07) is 5.98. The minimum absolute atomic E-state index is 0.0301. The van der Waals surface area contributed by atoms with Gasteiger partial charge in [0.25, 0.3) is 0 Å². The van der Waals surface area contributed by atoms with Gasteiger partial charge in [-0.15, -0.1) is 0 Å². The zero-order valence-electron chi connectivity index (χ0n) is 11.2. The lowest BCUT2D eigenvalue weighted by Gasteiger charge is -2.33. The smallest absolute Gasteiger partial charge is 0.127 e. The van der Waals surface area contributed by atoms with Gasteiger partial charge in [-0.3, -0.25) is 4.90 Å². The summed E-state index contributed by atoms with van der Waals surface area (Å²) >= 11 is 0. The van der Waals surface area contributed by atoms with Crippen LogP contribution in [0.25, 0.3) is 0 Å². The molecule has 0 amide bonds. The van der Waals surface area contributed by atoms with E-state index in [1.807, 2.05) is 6.07 Å². The van der Waals surface area contributed by atoms with Crippen molar-refractivity contribution in [3.63, 3.8) is 0 Å². The summed E-state index contributed by atoms with van der Waals surface area (Å²) in [5.74, 6) is 0.676. The Morgan fingerprint density at radius 3 is 2.56 bits per heavy atom. The highest BCUT2D eigenvalue weighted by Crippen LogP contribution is 2.41. The summed E-state index contributed by atoms with van der Waals surface area (Å²) in [5.41, 5.74) is 2.25. The molecule has 1 saturated carbocycles. The summed E-state index contributed by atoms with van der Waals surface area (Å²) in [5, 5.41) is 0. The van der Waals surface area contributed by atoms with Crippen molar-refractivity contribution in [3.8, 4) is 0 Å². The predicted octanol–water partition coefficient (Wildman–Crippen LogP) is 4.25. The van der Waals surface area contributed by atoms with E-state index >= 15 is 0 Å². The number of benzene rings is 1. The zero-order chi connectivity index (χ0) is 12.5. The third-order valence-electron chi connectivity index (χ3n) is 4.46. The van der Waals surface area contributed by atoms with Gasteiger partial charge >= 0.3 is 0 Å². The van der Waals surface area contributed by atoms with Crippen molar-refractivity contribution in [2.45, 2.75) is 51.0 Å². The number of halogens is 1. The largest absolute Gasteiger partial charge is 0.297 e. The molecular weight excluding hydrogens is 225 g/mol. The molecule has 1 heterocycles. The van der Waals surface area contributed by atoms with Crippen LogP contribution in [0.15, 0.2) is 18.2 Å². The number of hydrogen-bond acceptors (Lipinski definition) is 1. The van der Waals surface area contributed by atoms with E-state index in [9.17, 15) is 4.39 Å². The van der Waals surface area contributed by atoms with Crippen molar-refractivity contribution in [3.05, 3.63) is 35.1 Å². The second kappa shape index (κ2) is 5.00.